The second kappa shape index (κ2) is 6.58. The molecule has 1 aliphatic heterocycles. The Hall–Kier alpha value is -2.84. The fraction of sp³-hybridized carbons (Fsp3) is 0.250. The Morgan fingerprint density at radius 1 is 0.880 bits per heavy atom. The van der Waals surface area contributed by atoms with Crippen molar-refractivity contribution in [2.24, 2.45) is 5.73 Å². The van der Waals surface area contributed by atoms with E-state index in [-0.39, 0.29) is 13.1 Å². The van der Waals surface area contributed by atoms with E-state index in [0.717, 1.165) is 5.69 Å². The second-order valence-corrected chi connectivity index (χ2v) is 5.56. The van der Waals surface area contributed by atoms with Crippen LogP contribution in [0.15, 0.2) is 24.3 Å². The summed E-state index contributed by atoms with van der Waals surface area (Å²) in [6.45, 7) is 1.07. The number of anilines is 2. The van der Waals surface area contributed by atoms with E-state index in [1.165, 1.54) is 4.90 Å². The van der Waals surface area contributed by atoms with Crippen molar-refractivity contribution in [1.82, 2.24) is 4.98 Å². The molecule has 1 aromatic heterocycles. The Labute approximate surface area is 140 Å². The predicted octanol–water partition coefficient (Wildman–Crippen LogP) is 2.06. The van der Waals surface area contributed by atoms with Crippen molar-refractivity contribution in [2.75, 3.05) is 36.0 Å². The Morgan fingerprint density at radius 3 is 1.84 bits per heavy atom. The molecule has 3 rings (SSSR count). The largest absolute Gasteiger partial charge is 0.368 e. The van der Waals surface area contributed by atoms with Crippen LogP contribution in [0.3, 0.4) is 0 Å². The predicted molar refractivity (Wildman–Crippen MR) is 83.5 cm³/mol. The fourth-order valence-corrected chi connectivity index (χ4v) is 2.78. The van der Waals surface area contributed by atoms with Crippen molar-refractivity contribution in [2.45, 2.75) is 0 Å². The molecule has 2 aromatic rings. The van der Waals surface area contributed by atoms with Gasteiger partial charge in [0.2, 0.25) is 17.5 Å². The van der Waals surface area contributed by atoms with E-state index in [0.29, 0.717) is 18.7 Å². The third kappa shape index (κ3) is 3.21. The van der Waals surface area contributed by atoms with Crippen LogP contribution in [0.1, 0.15) is 10.4 Å². The number of nitrogens with zero attached hydrogens (tertiary/aromatic N) is 3. The van der Waals surface area contributed by atoms with Crippen LogP contribution < -0.4 is 15.5 Å². The van der Waals surface area contributed by atoms with Gasteiger partial charge in [-0.25, -0.2) is 0 Å². The number of halogens is 4. The normalized spacial score (nSPS) is 14.7. The summed E-state index contributed by atoms with van der Waals surface area (Å²) in [4.78, 5) is 16.8. The molecular formula is C16H14F4N4O. The van der Waals surface area contributed by atoms with Crippen LogP contribution in [0.4, 0.5) is 28.9 Å². The Bertz CT molecular complexity index is 779. The number of piperazine rings is 1. The number of nitrogens with two attached hydrogens (primary N) is 1. The SMILES string of the molecule is NC(=O)c1ccc(N2CCN(c3c(F)c(F)nc(F)c3F)CC2)cc1. The van der Waals surface area contributed by atoms with Crippen molar-refractivity contribution in [1.29, 1.82) is 0 Å². The summed E-state index contributed by atoms with van der Waals surface area (Å²) < 4.78 is 54.2. The van der Waals surface area contributed by atoms with Gasteiger partial charge in [0.15, 0.2) is 0 Å². The average Bonchev–Trinajstić information content (AvgIpc) is 2.61. The van der Waals surface area contributed by atoms with E-state index < -0.39 is 35.1 Å². The summed E-state index contributed by atoms with van der Waals surface area (Å²) in [5, 5.41) is 0. The highest BCUT2D eigenvalue weighted by atomic mass is 19.2. The van der Waals surface area contributed by atoms with Crippen LogP contribution in [-0.2, 0) is 0 Å². The lowest BCUT2D eigenvalue weighted by Gasteiger charge is -2.37. The number of pyridine rings is 1. The summed E-state index contributed by atoms with van der Waals surface area (Å²) >= 11 is 0. The molecule has 0 unspecified atom stereocenters. The van der Waals surface area contributed by atoms with Gasteiger partial charge in [0.05, 0.1) is 0 Å². The van der Waals surface area contributed by atoms with Gasteiger partial charge in [0, 0.05) is 37.4 Å². The summed E-state index contributed by atoms with van der Waals surface area (Å²) in [5.41, 5.74) is 5.61. The summed E-state index contributed by atoms with van der Waals surface area (Å²) in [6.07, 6.45) is 0. The van der Waals surface area contributed by atoms with Crippen molar-refractivity contribution in [3.8, 4) is 0 Å². The minimum atomic E-state index is -1.67. The van der Waals surface area contributed by atoms with Gasteiger partial charge in [-0.3, -0.25) is 4.79 Å². The summed E-state index contributed by atoms with van der Waals surface area (Å²) in [6, 6.07) is 6.58. The first-order valence-electron chi connectivity index (χ1n) is 7.48. The molecule has 0 bridgehead atoms. The molecule has 5 nitrogen and oxygen atoms in total. The first-order chi connectivity index (χ1) is 11.9. The first kappa shape index (κ1) is 17.0. The zero-order valence-electron chi connectivity index (χ0n) is 13.0. The molecule has 1 saturated heterocycles. The van der Waals surface area contributed by atoms with Crippen LogP contribution in [0.25, 0.3) is 0 Å². The zero-order chi connectivity index (χ0) is 18.1. The van der Waals surface area contributed by atoms with Crippen molar-refractivity contribution in [3.63, 3.8) is 0 Å². The second-order valence-electron chi connectivity index (χ2n) is 5.56. The van der Waals surface area contributed by atoms with Gasteiger partial charge in [-0.15, -0.1) is 0 Å². The molecule has 1 aliphatic rings. The number of aromatic nitrogens is 1. The van der Waals surface area contributed by atoms with Crippen LogP contribution >= 0.6 is 0 Å². The zero-order valence-corrected chi connectivity index (χ0v) is 13.0. The van der Waals surface area contributed by atoms with E-state index >= 15 is 0 Å². The van der Waals surface area contributed by atoms with E-state index in [1.807, 2.05) is 4.90 Å². The molecule has 0 aliphatic carbocycles. The number of hydrogen-bond donors (Lipinski definition) is 1. The minimum Gasteiger partial charge on any atom is -0.368 e. The molecule has 1 fully saturated rings. The number of carbonyl (C=O) groups excluding carboxylic acids is 1. The van der Waals surface area contributed by atoms with Crippen molar-refractivity contribution in [3.05, 3.63) is 53.4 Å². The quantitative estimate of drug-likeness (QED) is 0.677. The lowest BCUT2D eigenvalue weighted by Crippen LogP contribution is -2.47. The monoisotopic (exact) mass is 354 g/mol. The number of primary amides is 1. The molecule has 0 atom stereocenters. The van der Waals surface area contributed by atoms with Gasteiger partial charge >= 0.3 is 0 Å². The van der Waals surface area contributed by atoms with Gasteiger partial charge < -0.3 is 15.5 Å². The molecule has 0 saturated carbocycles. The molecule has 1 amide bonds. The highest BCUT2D eigenvalue weighted by molar-refractivity contribution is 5.93. The molecule has 9 heteroatoms. The van der Waals surface area contributed by atoms with E-state index in [4.69, 9.17) is 5.73 Å². The number of amides is 1. The third-order valence-corrected chi connectivity index (χ3v) is 4.09. The van der Waals surface area contributed by atoms with Crippen LogP contribution in [0, 0.1) is 23.5 Å². The van der Waals surface area contributed by atoms with E-state index in [2.05, 4.69) is 4.98 Å². The molecule has 2 N–H and O–H groups in total. The maximum absolute atomic E-state index is 13.8. The average molecular weight is 354 g/mol. The Balaban J connectivity index is 1.75. The minimum absolute atomic E-state index is 0.161. The molecule has 1 aromatic carbocycles. The fourth-order valence-electron chi connectivity index (χ4n) is 2.78. The molecule has 25 heavy (non-hydrogen) atoms. The first-order valence-corrected chi connectivity index (χ1v) is 7.48. The van der Waals surface area contributed by atoms with E-state index in [9.17, 15) is 22.4 Å². The van der Waals surface area contributed by atoms with Gasteiger partial charge in [-0.1, -0.05) is 0 Å². The number of benzene rings is 1. The van der Waals surface area contributed by atoms with Crippen molar-refractivity contribution >= 4 is 17.3 Å². The van der Waals surface area contributed by atoms with Gasteiger partial charge in [-0.2, -0.15) is 22.5 Å². The van der Waals surface area contributed by atoms with Crippen LogP contribution in [0.2, 0.25) is 0 Å². The van der Waals surface area contributed by atoms with Gasteiger partial charge in [0.1, 0.15) is 5.69 Å². The smallest absolute Gasteiger partial charge is 0.253 e. The third-order valence-electron chi connectivity index (χ3n) is 4.09. The lowest BCUT2D eigenvalue weighted by atomic mass is 10.1. The standard InChI is InChI=1S/C16H14F4N4O/c17-11-13(12(18)15(20)22-14(11)19)24-7-5-23(6-8-24)10-3-1-9(2-4-10)16(21)25/h1-4H,5-8H2,(H2,21,25). The van der Waals surface area contributed by atoms with Crippen molar-refractivity contribution < 1.29 is 22.4 Å². The van der Waals surface area contributed by atoms with Gasteiger partial charge in [0.25, 0.3) is 11.9 Å². The summed E-state index contributed by atoms with van der Waals surface area (Å²) in [5.74, 6) is -6.88. The van der Waals surface area contributed by atoms with E-state index in [1.54, 1.807) is 24.3 Å². The van der Waals surface area contributed by atoms with Gasteiger partial charge in [-0.05, 0) is 24.3 Å². The van der Waals surface area contributed by atoms with Crippen LogP contribution in [-0.4, -0.2) is 37.1 Å². The topological polar surface area (TPSA) is 62.5 Å². The maximum Gasteiger partial charge on any atom is 0.253 e. The number of rotatable bonds is 3. The van der Waals surface area contributed by atoms with Crippen LogP contribution in [0.5, 0.6) is 0 Å². The molecule has 2 heterocycles. The molecule has 132 valence electrons. The lowest BCUT2D eigenvalue weighted by molar-refractivity contribution is 0.100. The maximum atomic E-state index is 13.8. The molecular weight excluding hydrogens is 340 g/mol. The molecule has 0 radical (unpaired) electrons. The summed E-state index contributed by atoms with van der Waals surface area (Å²) in [7, 11) is 0. The number of hydrogen-bond acceptors (Lipinski definition) is 4. The Morgan fingerprint density at radius 2 is 1.36 bits per heavy atom. The number of carbonyl (C=O) groups is 1. The molecule has 0 spiro atoms. The highest BCUT2D eigenvalue weighted by Gasteiger charge is 2.28. The highest BCUT2D eigenvalue weighted by Crippen LogP contribution is 2.28. The Kier molecular flexibility index (Phi) is 4.47.